The Morgan fingerprint density at radius 2 is 1.40 bits per heavy atom. The average Bonchev–Trinajstić information content (AvgIpc) is 2.51. The number of fused-ring (bicyclic) bond motifs is 2. The fourth-order valence-electron chi connectivity index (χ4n) is 4.35. The molecule has 0 saturated carbocycles. The van der Waals surface area contributed by atoms with Crippen molar-refractivity contribution < 1.29 is 0 Å². The van der Waals surface area contributed by atoms with Crippen LogP contribution >= 0.6 is 0 Å². The predicted octanol–water partition coefficient (Wildman–Crippen LogP) is 5.27. The molecular weight excluding hydrogens is 242 g/mol. The van der Waals surface area contributed by atoms with E-state index in [9.17, 15) is 0 Å². The molecule has 1 heterocycles. The third kappa shape index (κ3) is 2.84. The molecule has 20 heavy (non-hydrogen) atoms. The predicted molar refractivity (Wildman–Crippen MR) is 88.9 cm³/mol. The Morgan fingerprint density at radius 1 is 0.850 bits per heavy atom. The smallest absolute Gasteiger partial charge is 0.0324 e. The van der Waals surface area contributed by atoms with Gasteiger partial charge in [0.2, 0.25) is 0 Å². The van der Waals surface area contributed by atoms with E-state index in [1.807, 2.05) is 0 Å². The summed E-state index contributed by atoms with van der Waals surface area (Å²) < 4.78 is 0. The highest BCUT2D eigenvalue weighted by molar-refractivity contribution is 5.35. The lowest BCUT2D eigenvalue weighted by atomic mass is 9.66. The minimum atomic E-state index is 0.281. The van der Waals surface area contributed by atoms with Crippen LogP contribution in [0.25, 0.3) is 0 Å². The number of nitrogens with zero attached hydrogens (tertiary/aromatic N) is 1. The first-order chi connectivity index (χ1) is 8.82. The zero-order valence-electron chi connectivity index (χ0n) is 15.2. The van der Waals surface area contributed by atoms with Gasteiger partial charge in [-0.25, -0.2) is 0 Å². The number of hydrogen-bond donors (Lipinski definition) is 0. The molecule has 2 bridgehead atoms. The molecule has 0 amide bonds. The summed E-state index contributed by atoms with van der Waals surface area (Å²) >= 11 is 0. The molecule has 0 aromatic heterocycles. The van der Waals surface area contributed by atoms with E-state index in [4.69, 9.17) is 0 Å². The van der Waals surface area contributed by atoms with E-state index in [-0.39, 0.29) is 11.0 Å². The topological polar surface area (TPSA) is 3.24 Å². The molecule has 1 saturated heterocycles. The first-order valence-electron chi connectivity index (χ1n) is 8.32. The van der Waals surface area contributed by atoms with Crippen molar-refractivity contribution in [2.75, 3.05) is 6.54 Å². The van der Waals surface area contributed by atoms with Crippen molar-refractivity contribution in [3.8, 4) is 0 Å². The van der Waals surface area contributed by atoms with E-state index < -0.39 is 0 Å². The van der Waals surface area contributed by atoms with Gasteiger partial charge in [-0.3, -0.25) is 4.90 Å². The lowest BCUT2D eigenvalue weighted by Gasteiger charge is -2.44. The highest BCUT2D eigenvalue weighted by atomic mass is 15.2. The number of allylic oxidation sites excluding steroid dienone is 1. The van der Waals surface area contributed by atoms with Crippen LogP contribution in [0.4, 0.5) is 0 Å². The molecule has 1 nitrogen and oxygen atoms in total. The Kier molecular flexibility index (Phi) is 3.70. The van der Waals surface area contributed by atoms with Gasteiger partial charge in [-0.2, -0.15) is 0 Å². The Hall–Kier alpha value is -0.300. The van der Waals surface area contributed by atoms with E-state index in [1.165, 1.54) is 19.4 Å². The van der Waals surface area contributed by atoms with Gasteiger partial charge in [-0.05, 0) is 55.9 Å². The zero-order chi connectivity index (χ0) is 15.5. The van der Waals surface area contributed by atoms with Crippen LogP contribution in [0, 0.1) is 16.7 Å². The first-order valence-corrected chi connectivity index (χ1v) is 8.32. The van der Waals surface area contributed by atoms with E-state index in [0.29, 0.717) is 11.5 Å². The molecule has 0 aromatic rings. The molecular formula is C19H35N. The highest BCUT2D eigenvalue weighted by Gasteiger charge is 2.48. The maximum Gasteiger partial charge on any atom is 0.0324 e. The number of hydrogen-bond acceptors (Lipinski definition) is 1. The second-order valence-corrected chi connectivity index (χ2v) is 10.0. The van der Waals surface area contributed by atoms with Crippen molar-refractivity contribution >= 4 is 0 Å². The molecule has 1 aliphatic heterocycles. The lowest BCUT2D eigenvalue weighted by molar-refractivity contribution is 0.126. The molecule has 0 spiro atoms. The summed E-state index contributed by atoms with van der Waals surface area (Å²) in [6.07, 6.45) is 2.70. The summed E-state index contributed by atoms with van der Waals surface area (Å²) in [5, 5.41) is 0. The summed E-state index contributed by atoms with van der Waals surface area (Å²) in [5.41, 5.74) is 4.37. The second kappa shape index (κ2) is 4.60. The standard InChI is InChI=1S/C19H35N/c1-17(2,3)14-10-13-11-15(16(14)18(4,5)6)20(12-13)19(7,8)9/h13,15H,10-12H2,1-9H3. The van der Waals surface area contributed by atoms with E-state index in [0.717, 1.165) is 5.92 Å². The monoisotopic (exact) mass is 277 g/mol. The van der Waals surface area contributed by atoms with Crippen molar-refractivity contribution in [2.24, 2.45) is 16.7 Å². The molecule has 1 aliphatic carbocycles. The molecule has 116 valence electrons. The fraction of sp³-hybridized carbons (Fsp3) is 0.895. The summed E-state index contributed by atoms with van der Waals surface area (Å²) in [4.78, 5) is 2.77. The quantitative estimate of drug-likeness (QED) is 0.545. The normalized spacial score (nSPS) is 29.2. The van der Waals surface area contributed by atoms with Crippen molar-refractivity contribution in [3.05, 3.63) is 11.1 Å². The molecule has 1 fully saturated rings. The van der Waals surface area contributed by atoms with Gasteiger partial charge in [0.25, 0.3) is 0 Å². The van der Waals surface area contributed by atoms with Crippen molar-refractivity contribution in [1.82, 2.24) is 4.90 Å². The van der Waals surface area contributed by atoms with E-state index in [2.05, 4.69) is 67.2 Å². The first kappa shape index (κ1) is 16.1. The van der Waals surface area contributed by atoms with Crippen molar-refractivity contribution in [3.63, 3.8) is 0 Å². The van der Waals surface area contributed by atoms with Gasteiger partial charge in [0.05, 0.1) is 0 Å². The minimum absolute atomic E-state index is 0.281. The average molecular weight is 277 g/mol. The Morgan fingerprint density at radius 3 is 1.80 bits per heavy atom. The van der Waals surface area contributed by atoms with Crippen LogP contribution < -0.4 is 0 Å². The van der Waals surface area contributed by atoms with Crippen LogP contribution in [0.1, 0.15) is 75.2 Å². The summed E-state index contributed by atoms with van der Waals surface area (Å²) in [7, 11) is 0. The van der Waals surface area contributed by atoms with Gasteiger partial charge in [0, 0.05) is 18.1 Å². The molecule has 2 atom stereocenters. The highest BCUT2D eigenvalue weighted by Crippen LogP contribution is 2.52. The molecule has 2 rings (SSSR count). The van der Waals surface area contributed by atoms with Gasteiger partial charge < -0.3 is 0 Å². The van der Waals surface area contributed by atoms with E-state index in [1.54, 1.807) is 11.1 Å². The zero-order valence-corrected chi connectivity index (χ0v) is 15.2. The third-order valence-electron chi connectivity index (χ3n) is 5.11. The molecule has 0 N–H and O–H groups in total. The van der Waals surface area contributed by atoms with Gasteiger partial charge in [-0.15, -0.1) is 0 Å². The van der Waals surface area contributed by atoms with Crippen molar-refractivity contribution in [1.29, 1.82) is 0 Å². The van der Waals surface area contributed by atoms with Gasteiger partial charge in [-0.1, -0.05) is 47.1 Å². The molecule has 0 aromatic carbocycles. The van der Waals surface area contributed by atoms with Crippen LogP contribution in [0.3, 0.4) is 0 Å². The molecule has 2 unspecified atom stereocenters. The Bertz CT molecular complexity index is 409. The van der Waals surface area contributed by atoms with Gasteiger partial charge >= 0.3 is 0 Å². The second-order valence-electron chi connectivity index (χ2n) is 10.0. The number of rotatable bonds is 0. The summed E-state index contributed by atoms with van der Waals surface area (Å²) in [6, 6.07) is 0.669. The molecule has 2 aliphatic rings. The van der Waals surface area contributed by atoms with Crippen molar-refractivity contribution in [2.45, 2.75) is 86.7 Å². The maximum absolute atomic E-state index is 2.77. The van der Waals surface area contributed by atoms with Crippen LogP contribution in [0.2, 0.25) is 0 Å². The van der Waals surface area contributed by atoms with E-state index >= 15 is 0 Å². The third-order valence-corrected chi connectivity index (χ3v) is 5.11. The van der Waals surface area contributed by atoms with Crippen LogP contribution in [0.15, 0.2) is 11.1 Å². The number of likely N-dealkylation sites (tertiary alicyclic amines) is 1. The van der Waals surface area contributed by atoms with Crippen LogP contribution in [0.5, 0.6) is 0 Å². The van der Waals surface area contributed by atoms with Gasteiger partial charge in [0.1, 0.15) is 0 Å². The summed E-state index contributed by atoms with van der Waals surface area (Å²) in [6.45, 7) is 22.9. The molecule has 0 radical (unpaired) electrons. The lowest BCUT2D eigenvalue weighted by Crippen LogP contribution is -2.47. The maximum atomic E-state index is 2.77. The largest absolute Gasteiger partial charge is 0.291 e. The SMILES string of the molecule is CC(C)(C)C1=C(C(C)(C)C)C2CC(C1)CN2C(C)(C)C. The Balaban J connectivity index is 2.54. The fourth-order valence-corrected chi connectivity index (χ4v) is 4.35. The Labute approximate surface area is 126 Å². The van der Waals surface area contributed by atoms with Gasteiger partial charge in [0.15, 0.2) is 0 Å². The van der Waals surface area contributed by atoms with Crippen LogP contribution in [-0.4, -0.2) is 23.0 Å². The van der Waals surface area contributed by atoms with Crippen LogP contribution in [-0.2, 0) is 0 Å². The molecule has 1 heteroatoms. The minimum Gasteiger partial charge on any atom is -0.291 e. The summed E-state index contributed by atoms with van der Waals surface area (Å²) in [5.74, 6) is 0.875.